The van der Waals surface area contributed by atoms with Crippen molar-refractivity contribution in [1.29, 1.82) is 0 Å². The molecule has 1 aromatic heterocycles. The molecule has 0 aromatic carbocycles. The van der Waals surface area contributed by atoms with Crippen LogP contribution in [0.1, 0.15) is 12.5 Å². The number of alkyl halides is 1. The standard InChI is InChI=1S/C11H11Cl3N2O3/c1-6(15-10(17)4-12)11(18)19-5-7-2-8(13)16-9(14)3-7/h2-3,6H,4-5H2,1H3,(H,15,17)/t6-/m0/s1. The Balaban J connectivity index is 2.51. The third-order valence-electron chi connectivity index (χ3n) is 2.06. The highest BCUT2D eigenvalue weighted by Crippen LogP contribution is 2.15. The summed E-state index contributed by atoms with van der Waals surface area (Å²) in [6.07, 6.45) is 0. The van der Waals surface area contributed by atoms with Gasteiger partial charge in [0.2, 0.25) is 5.91 Å². The predicted octanol–water partition coefficient (Wildman–Crippen LogP) is 2.18. The van der Waals surface area contributed by atoms with Gasteiger partial charge < -0.3 is 10.1 Å². The van der Waals surface area contributed by atoms with Crippen molar-refractivity contribution in [3.8, 4) is 0 Å². The monoisotopic (exact) mass is 324 g/mol. The zero-order chi connectivity index (χ0) is 14.4. The molecular formula is C11H11Cl3N2O3. The topological polar surface area (TPSA) is 68.3 Å². The van der Waals surface area contributed by atoms with E-state index in [4.69, 9.17) is 39.5 Å². The number of nitrogens with one attached hydrogen (secondary N) is 1. The maximum Gasteiger partial charge on any atom is 0.328 e. The average Bonchev–Trinajstić information content (AvgIpc) is 2.34. The first-order valence-corrected chi connectivity index (χ1v) is 6.55. The Morgan fingerprint density at radius 2 is 1.95 bits per heavy atom. The van der Waals surface area contributed by atoms with Gasteiger partial charge in [-0.2, -0.15) is 0 Å². The van der Waals surface area contributed by atoms with Gasteiger partial charge in [-0.05, 0) is 24.6 Å². The number of halogens is 3. The van der Waals surface area contributed by atoms with Gasteiger partial charge in [-0.15, -0.1) is 11.6 Å². The molecule has 0 saturated carbocycles. The molecule has 0 spiro atoms. The lowest BCUT2D eigenvalue weighted by molar-refractivity contribution is -0.148. The Bertz CT molecular complexity index is 462. The van der Waals surface area contributed by atoms with Crippen molar-refractivity contribution >= 4 is 46.7 Å². The van der Waals surface area contributed by atoms with Crippen molar-refractivity contribution in [3.63, 3.8) is 0 Å². The van der Waals surface area contributed by atoms with E-state index in [0.29, 0.717) is 5.56 Å². The van der Waals surface area contributed by atoms with Gasteiger partial charge in [-0.1, -0.05) is 23.2 Å². The molecule has 19 heavy (non-hydrogen) atoms. The summed E-state index contributed by atoms with van der Waals surface area (Å²) < 4.78 is 5.00. The summed E-state index contributed by atoms with van der Waals surface area (Å²) in [6.45, 7) is 1.49. The minimum Gasteiger partial charge on any atom is -0.459 e. The van der Waals surface area contributed by atoms with Gasteiger partial charge in [0.15, 0.2) is 0 Å². The number of carbonyl (C=O) groups excluding carboxylic acids is 2. The largest absolute Gasteiger partial charge is 0.459 e. The van der Waals surface area contributed by atoms with Crippen LogP contribution in [-0.4, -0.2) is 28.8 Å². The molecule has 0 radical (unpaired) electrons. The molecule has 1 aromatic rings. The second-order valence-corrected chi connectivity index (χ2v) is 4.69. The number of ether oxygens (including phenoxy) is 1. The summed E-state index contributed by atoms with van der Waals surface area (Å²) in [5, 5.41) is 2.80. The summed E-state index contributed by atoms with van der Waals surface area (Å²) in [5.41, 5.74) is 0.606. The van der Waals surface area contributed by atoms with Crippen LogP contribution in [0.4, 0.5) is 0 Å². The summed E-state index contributed by atoms with van der Waals surface area (Å²) >= 11 is 16.7. The van der Waals surface area contributed by atoms with Gasteiger partial charge in [0.1, 0.15) is 28.8 Å². The van der Waals surface area contributed by atoms with Crippen molar-refractivity contribution < 1.29 is 14.3 Å². The van der Waals surface area contributed by atoms with Gasteiger partial charge in [0.05, 0.1) is 0 Å². The van der Waals surface area contributed by atoms with Gasteiger partial charge in [0, 0.05) is 0 Å². The normalized spacial score (nSPS) is 11.8. The smallest absolute Gasteiger partial charge is 0.328 e. The SMILES string of the molecule is C[C@H](NC(=O)CCl)C(=O)OCc1cc(Cl)nc(Cl)c1. The van der Waals surface area contributed by atoms with Crippen LogP contribution in [-0.2, 0) is 20.9 Å². The zero-order valence-electron chi connectivity index (χ0n) is 9.95. The number of pyridine rings is 1. The van der Waals surface area contributed by atoms with Crippen LogP contribution >= 0.6 is 34.8 Å². The van der Waals surface area contributed by atoms with E-state index in [1.165, 1.54) is 19.1 Å². The predicted molar refractivity (Wildman–Crippen MR) is 72.4 cm³/mol. The van der Waals surface area contributed by atoms with Crippen LogP contribution in [0.25, 0.3) is 0 Å². The quantitative estimate of drug-likeness (QED) is 0.512. The molecule has 0 unspecified atom stereocenters. The molecule has 0 aliphatic carbocycles. The lowest BCUT2D eigenvalue weighted by Gasteiger charge is -2.12. The summed E-state index contributed by atoms with van der Waals surface area (Å²) in [4.78, 5) is 26.3. The van der Waals surface area contributed by atoms with Crippen molar-refractivity contribution in [2.45, 2.75) is 19.6 Å². The van der Waals surface area contributed by atoms with Gasteiger partial charge in [-0.25, -0.2) is 9.78 Å². The molecule has 0 aliphatic heterocycles. The Hall–Kier alpha value is -1.04. The molecule has 1 amide bonds. The average molecular weight is 326 g/mol. The van der Waals surface area contributed by atoms with Crippen molar-refractivity contribution in [3.05, 3.63) is 28.0 Å². The van der Waals surface area contributed by atoms with Crippen LogP contribution < -0.4 is 5.32 Å². The zero-order valence-corrected chi connectivity index (χ0v) is 12.2. The minimum atomic E-state index is -0.779. The number of hydrogen-bond donors (Lipinski definition) is 1. The third-order valence-corrected chi connectivity index (χ3v) is 2.69. The number of esters is 1. The molecule has 0 aliphatic rings. The van der Waals surface area contributed by atoms with E-state index in [9.17, 15) is 9.59 Å². The van der Waals surface area contributed by atoms with Crippen LogP contribution in [0.15, 0.2) is 12.1 Å². The number of aromatic nitrogens is 1. The van der Waals surface area contributed by atoms with Crippen LogP contribution in [0.3, 0.4) is 0 Å². The second-order valence-electron chi connectivity index (χ2n) is 3.65. The van der Waals surface area contributed by atoms with E-state index >= 15 is 0 Å². The summed E-state index contributed by atoms with van der Waals surface area (Å²) in [6, 6.07) is 2.28. The first-order valence-electron chi connectivity index (χ1n) is 5.26. The Morgan fingerprint density at radius 1 is 1.37 bits per heavy atom. The number of amides is 1. The Morgan fingerprint density at radius 3 is 2.47 bits per heavy atom. The highest BCUT2D eigenvalue weighted by Gasteiger charge is 2.16. The van der Waals surface area contributed by atoms with Crippen LogP contribution in [0.2, 0.25) is 10.3 Å². The van der Waals surface area contributed by atoms with E-state index in [-0.39, 0.29) is 22.8 Å². The Kier molecular flexibility index (Phi) is 6.34. The fourth-order valence-corrected chi connectivity index (χ4v) is 1.80. The molecular weight excluding hydrogens is 314 g/mol. The third kappa shape index (κ3) is 5.63. The fraction of sp³-hybridized carbons (Fsp3) is 0.364. The molecule has 1 atom stereocenters. The first-order chi connectivity index (χ1) is 8.92. The van der Waals surface area contributed by atoms with Crippen molar-refractivity contribution in [2.24, 2.45) is 0 Å². The van der Waals surface area contributed by atoms with Crippen molar-refractivity contribution in [2.75, 3.05) is 5.88 Å². The van der Waals surface area contributed by atoms with E-state index in [2.05, 4.69) is 10.3 Å². The fourth-order valence-electron chi connectivity index (χ4n) is 1.22. The number of nitrogens with zero attached hydrogens (tertiary/aromatic N) is 1. The molecule has 5 nitrogen and oxygen atoms in total. The van der Waals surface area contributed by atoms with E-state index in [0.717, 1.165) is 0 Å². The lowest BCUT2D eigenvalue weighted by atomic mass is 10.3. The molecule has 0 fully saturated rings. The van der Waals surface area contributed by atoms with Gasteiger partial charge in [0.25, 0.3) is 0 Å². The molecule has 8 heteroatoms. The van der Waals surface area contributed by atoms with E-state index in [1.54, 1.807) is 0 Å². The lowest BCUT2D eigenvalue weighted by Crippen LogP contribution is -2.40. The van der Waals surface area contributed by atoms with Gasteiger partial charge in [-0.3, -0.25) is 4.79 Å². The molecule has 0 saturated heterocycles. The molecule has 0 bridgehead atoms. The number of carbonyl (C=O) groups is 2. The van der Waals surface area contributed by atoms with Crippen molar-refractivity contribution in [1.82, 2.24) is 10.3 Å². The van der Waals surface area contributed by atoms with Gasteiger partial charge >= 0.3 is 5.97 Å². The minimum absolute atomic E-state index is 0.0120. The molecule has 1 rings (SSSR count). The summed E-state index contributed by atoms with van der Waals surface area (Å²) in [5.74, 6) is -1.24. The highest BCUT2D eigenvalue weighted by atomic mass is 35.5. The summed E-state index contributed by atoms with van der Waals surface area (Å²) in [7, 11) is 0. The molecule has 1 heterocycles. The Labute approximate surface area is 125 Å². The maximum atomic E-state index is 11.6. The van der Waals surface area contributed by atoms with Crippen LogP contribution in [0, 0.1) is 0 Å². The number of rotatable bonds is 5. The highest BCUT2D eigenvalue weighted by molar-refractivity contribution is 6.32. The maximum absolute atomic E-state index is 11.6. The molecule has 104 valence electrons. The van der Waals surface area contributed by atoms with Crippen LogP contribution in [0.5, 0.6) is 0 Å². The molecule has 1 N–H and O–H groups in total. The second kappa shape index (κ2) is 7.53. The first kappa shape index (κ1) is 16.0. The van der Waals surface area contributed by atoms with E-state index in [1.807, 2.05) is 0 Å². The van der Waals surface area contributed by atoms with E-state index < -0.39 is 17.9 Å². The number of hydrogen-bond acceptors (Lipinski definition) is 4.